The van der Waals surface area contributed by atoms with E-state index in [0.717, 1.165) is 12.1 Å². The summed E-state index contributed by atoms with van der Waals surface area (Å²) in [5, 5.41) is 0. The minimum Gasteiger partial charge on any atom is -0.330 e. The van der Waals surface area contributed by atoms with Crippen LogP contribution in [0.25, 0.3) is 0 Å². The molecule has 1 aromatic rings. The summed E-state index contributed by atoms with van der Waals surface area (Å²) in [5.41, 5.74) is -0.371. The smallest absolute Gasteiger partial charge is 0.330 e. The Bertz CT molecular complexity index is 447. The van der Waals surface area contributed by atoms with Crippen molar-refractivity contribution in [3.63, 3.8) is 0 Å². The molecule has 0 saturated carbocycles. The third-order valence-electron chi connectivity index (χ3n) is 2.20. The summed E-state index contributed by atoms with van der Waals surface area (Å²) in [4.78, 5) is 12.3. The van der Waals surface area contributed by atoms with Crippen molar-refractivity contribution in [2.24, 2.45) is 0 Å². The first-order chi connectivity index (χ1) is 8.24. The second-order valence-corrected chi connectivity index (χ2v) is 4.47. The molecule has 1 aromatic carbocycles. The van der Waals surface area contributed by atoms with E-state index >= 15 is 0 Å². The Morgan fingerprint density at radius 3 is 2.44 bits per heavy atom. The minimum atomic E-state index is -4.50. The fourth-order valence-corrected chi connectivity index (χ4v) is 1.71. The second kappa shape index (κ2) is 5.69. The van der Waals surface area contributed by atoms with Crippen LogP contribution in [-0.4, -0.2) is 30.1 Å². The first kappa shape index (κ1) is 14.9. The van der Waals surface area contributed by atoms with Gasteiger partial charge in [0.25, 0.3) is 5.91 Å². The predicted molar refractivity (Wildman–Crippen MR) is 61.7 cm³/mol. The van der Waals surface area contributed by atoms with Crippen LogP contribution < -0.4 is 0 Å². The molecule has 2 nitrogen and oxygen atoms in total. The Morgan fingerprint density at radius 1 is 1.39 bits per heavy atom. The SMILES string of the molecule is CCN(CC(F)(F)F)C(=O)c1ccc(Br)cc1F. The highest BCUT2D eigenvalue weighted by atomic mass is 79.9. The van der Waals surface area contributed by atoms with Gasteiger partial charge in [-0.15, -0.1) is 0 Å². The average molecular weight is 328 g/mol. The van der Waals surface area contributed by atoms with Gasteiger partial charge in [0.1, 0.15) is 12.4 Å². The molecule has 0 radical (unpaired) electrons. The molecule has 0 aliphatic carbocycles. The van der Waals surface area contributed by atoms with Crippen molar-refractivity contribution < 1.29 is 22.4 Å². The van der Waals surface area contributed by atoms with Crippen LogP contribution in [0, 0.1) is 5.82 Å². The monoisotopic (exact) mass is 327 g/mol. The second-order valence-electron chi connectivity index (χ2n) is 3.56. The molecule has 1 rings (SSSR count). The van der Waals surface area contributed by atoms with Crippen molar-refractivity contribution in [1.82, 2.24) is 4.90 Å². The Kier molecular flexibility index (Phi) is 4.72. The molecule has 0 unspecified atom stereocenters. The number of alkyl halides is 3. The predicted octanol–water partition coefficient (Wildman–Crippen LogP) is 3.61. The van der Waals surface area contributed by atoms with Crippen molar-refractivity contribution in [2.75, 3.05) is 13.1 Å². The van der Waals surface area contributed by atoms with Crippen LogP contribution in [0.4, 0.5) is 17.6 Å². The number of carbonyl (C=O) groups is 1. The van der Waals surface area contributed by atoms with E-state index in [1.165, 1.54) is 13.0 Å². The third-order valence-corrected chi connectivity index (χ3v) is 2.69. The summed E-state index contributed by atoms with van der Waals surface area (Å²) in [5.74, 6) is -1.82. The zero-order valence-electron chi connectivity index (χ0n) is 9.39. The summed E-state index contributed by atoms with van der Waals surface area (Å²) in [6.45, 7) is -0.133. The summed E-state index contributed by atoms with van der Waals surface area (Å²) in [7, 11) is 0. The molecule has 0 atom stereocenters. The van der Waals surface area contributed by atoms with Gasteiger partial charge in [0.2, 0.25) is 0 Å². The summed E-state index contributed by atoms with van der Waals surface area (Å²) >= 11 is 3.00. The van der Waals surface area contributed by atoms with Gasteiger partial charge >= 0.3 is 6.18 Å². The largest absolute Gasteiger partial charge is 0.406 e. The molecule has 0 bridgehead atoms. The zero-order chi connectivity index (χ0) is 13.9. The zero-order valence-corrected chi connectivity index (χ0v) is 11.0. The normalized spacial score (nSPS) is 11.4. The van der Waals surface area contributed by atoms with E-state index in [2.05, 4.69) is 15.9 Å². The van der Waals surface area contributed by atoms with E-state index in [-0.39, 0.29) is 12.1 Å². The standard InChI is InChI=1S/C11H10BrF4NO/c1-2-17(6-11(14,15)16)10(18)8-4-3-7(12)5-9(8)13/h3-5H,2,6H2,1H3. The Morgan fingerprint density at radius 2 is 2.00 bits per heavy atom. The van der Waals surface area contributed by atoms with Crippen molar-refractivity contribution >= 4 is 21.8 Å². The molecule has 0 aliphatic heterocycles. The van der Waals surface area contributed by atoms with E-state index in [9.17, 15) is 22.4 Å². The maximum absolute atomic E-state index is 13.5. The summed E-state index contributed by atoms with van der Waals surface area (Å²) < 4.78 is 50.6. The van der Waals surface area contributed by atoms with Crippen LogP contribution in [0.5, 0.6) is 0 Å². The van der Waals surface area contributed by atoms with E-state index < -0.39 is 24.4 Å². The maximum Gasteiger partial charge on any atom is 0.406 e. The molecule has 0 spiro atoms. The molecule has 0 heterocycles. The maximum atomic E-state index is 13.5. The van der Waals surface area contributed by atoms with E-state index in [0.29, 0.717) is 9.37 Å². The van der Waals surface area contributed by atoms with Crippen molar-refractivity contribution in [3.05, 3.63) is 34.1 Å². The summed E-state index contributed by atoms with van der Waals surface area (Å²) in [6.07, 6.45) is -4.50. The molecule has 0 aliphatic rings. The lowest BCUT2D eigenvalue weighted by molar-refractivity contribution is -0.140. The molecule has 0 fully saturated rings. The van der Waals surface area contributed by atoms with Crippen molar-refractivity contribution in [1.29, 1.82) is 0 Å². The van der Waals surface area contributed by atoms with Gasteiger partial charge in [0, 0.05) is 11.0 Å². The van der Waals surface area contributed by atoms with Crippen LogP contribution in [0.1, 0.15) is 17.3 Å². The molecule has 0 N–H and O–H groups in total. The van der Waals surface area contributed by atoms with Gasteiger partial charge in [-0.2, -0.15) is 13.2 Å². The molecular weight excluding hydrogens is 318 g/mol. The van der Waals surface area contributed by atoms with Crippen LogP contribution in [0.2, 0.25) is 0 Å². The topological polar surface area (TPSA) is 20.3 Å². The van der Waals surface area contributed by atoms with Gasteiger partial charge in [-0.1, -0.05) is 15.9 Å². The number of carbonyl (C=O) groups excluding carboxylic acids is 1. The minimum absolute atomic E-state index is 0.145. The fourth-order valence-electron chi connectivity index (χ4n) is 1.38. The number of halogens is 5. The molecule has 18 heavy (non-hydrogen) atoms. The lowest BCUT2D eigenvalue weighted by atomic mass is 10.2. The summed E-state index contributed by atoms with van der Waals surface area (Å²) in [6, 6.07) is 3.59. The van der Waals surface area contributed by atoms with Crippen LogP contribution in [0.15, 0.2) is 22.7 Å². The highest BCUT2D eigenvalue weighted by Gasteiger charge is 2.33. The van der Waals surface area contributed by atoms with Gasteiger partial charge in [-0.3, -0.25) is 4.79 Å². The van der Waals surface area contributed by atoms with Gasteiger partial charge in [0.15, 0.2) is 0 Å². The number of nitrogens with zero attached hydrogens (tertiary/aromatic N) is 1. The molecule has 0 aromatic heterocycles. The van der Waals surface area contributed by atoms with E-state index in [4.69, 9.17) is 0 Å². The number of hydrogen-bond acceptors (Lipinski definition) is 1. The lowest BCUT2D eigenvalue weighted by Gasteiger charge is -2.22. The van der Waals surface area contributed by atoms with Crippen molar-refractivity contribution in [2.45, 2.75) is 13.1 Å². The van der Waals surface area contributed by atoms with Gasteiger partial charge in [-0.05, 0) is 25.1 Å². The Labute approximate surface area is 110 Å². The van der Waals surface area contributed by atoms with Crippen LogP contribution in [0.3, 0.4) is 0 Å². The number of benzene rings is 1. The van der Waals surface area contributed by atoms with Gasteiger partial charge in [-0.25, -0.2) is 4.39 Å². The number of amides is 1. The number of rotatable bonds is 3. The molecular formula is C11H10BrF4NO. The highest BCUT2D eigenvalue weighted by Crippen LogP contribution is 2.20. The molecule has 1 amide bonds. The van der Waals surface area contributed by atoms with Crippen LogP contribution in [-0.2, 0) is 0 Å². The third kappa shape index (κ3) is 3.97. The first-order valence-electron chi connectivity index (χ1n) is 5.05. The Balaban J connectivity index is 2.97. The van der Waals surface area contributed by atoms with E-state index in [1.807, 2.05) is 0 Å². The fraction of sp³-hybridized carbons (Fsp3) is 0.364. The average Bonchev–Trinajstić information content (AvgIpc) is 2.24. The molecule has 7 heteroatoms. The lowest BCUT2D eigenvalue weighted by Crippen LogP contribution is -2.39. The van der Waals surface area contributed by atoms with Gasteiger partial charge < -0.3 is 4.90 Å². The van der Waals surface area contributed by atoms with Gasteiger partial charge in [0.05, 0.1) is 5.56 Å². The molecule has 100 valence electrons. The number of hydrogen-bond donors (Lipinski definition) is 0. The highest BCUT2D eigenvalue weighted by molar-refractivity contribution is 9.10. The Hall–Kier alpha value is -1.11. The molecule has 0 saturated heterocycles. The van der Waals surface area contributed by atoms with Crippen molar-refractivity contribution in [3.8, 4) is 0 Å². The van der Waals surface area contributed by atoms with Crippen LogP contribution >= 0.6 is 15.9 Å². The first-order valence-corrected chi connectivity index (χ1v) is 5.85. The quantitative estimate of drug-likeness (QED) is 0.776. The van der Waals surface area contributed by atoms with E-state index in [1.54, 1.807) is 0 Å².